The summed E-state index contributed by atoms with van der Waals surface area (Å²) in [4.78, 5) is 44.1. The maximum Gasteiger partial charge on any atom is 0.337 e. The standard InChI is InChI=1S/C28H36N2O8/c1-5-17-15-30-13-12-28(38-24(33)11-7-10-23(31)32)25-20(8-6-9-22(25)36-3)29-26(28)21(30)14-18(17)19(16-35-2)27(34)37-4/h6,8-9,16-18,21H,5,7,10-15H2,1-4H3,(H,31,32)/b19-16+/t17-,18+,21+,28+/m1/s1. The Morgan fingerprint density at radius 2 is 2.00 bits per heavy atom. The number of carbonyl (C=O) groups is 3. The Morgan fingerprint density at radius 1 is 1.21 bits per heavy atom. The van der Waals surface area contributed by atoms with E-state index in [-0.39, 0.29) is 37.1 Å². The molecule has 0 spiro atoms. The lowest BCUT2D eigenvalue weighted by Gasteiger charge is -2.51. The molecule has 10 heteroatoms. The van der Waals surface area contributed by atoms with E-state index in [0.29, 0.717) is 36.4 Å². The number of fused-ring (bicyclic) bond motifs is 5. The molecule has 38 heavy (non-hydrogen) atoms. The Hall–Kier alpha value is -3.40. The lowest BCUT2D eigenvalue weighted by atomic mass is 9.70. The number of nitrogens with zero attached hydrogens (tertiary/aromatic N) is 2. The van der Waals surface area contributed by atoms with Crippen molar-refractivity contribution in [2.45, 2.75) is 57.1 Å². The summed E-state index contributed by atoms with van der Waals surface area (Å²) in [6.07, 6.45) is 3.49. The van der Waals surface area contributed by atoms with E-state index in [4.69, 9.17) is 29.0 Å². The zero-order chi connectivity index (χ0) is 27.4. The van der Waals surface area contributed by atoms with Crippen LogP contribution in [-0.2, 0) is 34.2 Å². The molecule has 0 saturated carbocycles. The molecule has 3 heterocycles. The zero-order valence-electron chi connectivity index (χ0n) is 22.4. The van der Waals surface area contributed by atoms with E-state index in [1.807, 2.05) is 18.2 Å². The summed E-state index contributed by atoms with van der Waals surface area (Å²) >= 11 is 0. The topological polar surface area (TPSA) is 124 Å². The third-order valence-corrected chi connectivity index (χ3v) is 7.95. The van der Waals surface area contributed by atoms with Crippen molar-refractivity contribution < 1.29 is 38.4 Å². The molecule has 0 unspecified atom stereocenters. The first-order valence-electron chi connectivity index (χ1n) is 13.0. The first kappa shape index (κ1) is 27.6. The predicted molar refractivity (Wildman–Crippen MR) is 138 cm³/mol. The normalized spacial score (nSPS) is 26.4. The van der Waals surface area contributed by atoms with Gasteiger partial charge < -0.3 is 24.1 Å². The van der Waals surface area contributed by atoms with E-state index in [9.17, 15) is 14.4 Å². The van der Waals surface area contributed by atoms with Crippen molar-refractivity contribution in [2.24, 2.45) is 16.8 Å². The van der Waals surface area contributed by atoms with E-state index in [2.05, 4.69) is 11.8 Å². The van der Waals surface area contributed by atoms with Crippen LogP contribution in [-0.4, -0.2) is 74.1 Å². The molecule has 2 saturated heterocycles. The number of methoxy groups -OCH3 is 3. The molecule has 3 aliphatic heterocycles. The minimum absolute atomic E-state index is 0.0101. The highest BCUT2D eigenvalue weighted by atomic mass is 16.6. The number of carboxylic acid groups (broad SMARTS) is 1. The first-order valence-corrected chi connectivity index (χ1v) is 13.0. The highest BCUT2D eigenvalue weighted by Gasteiger charge is 2.57. The monoisotopic (exact) mass is 528 g/mol. The second-order valence-corrected chi connectivity index (χ2v) is 9.97. The Morgan fingerprint density at radius 3 is 2.66 bits per heavy atom. The smallest absolute Gasteiger partial charge is 0.337 e. The highest BCUT2D eigenvalue weighted by molar-refractivity contribution is 6.06. The van der Waals surface area contributed by atoms with Crippen molar-refractivity contribution in [1.29, 1.82) is 0 Å². The van der Waals surface area contributed by atoms with Crippen molar-refractivity contribution in [3.63, 3.8) is 0 Å². The number of aliphatic carboxylic acids is 1. The van der Waals surface area contributed by atoms with Gasteiger partial charge in [0.15, 0.2) is 5.60 Å². The van der Waals surface area contributed by atoms with Gasteiger partial charge >= 0.3 is 17.9 Å². The average Bonchev–Trinajstić information content (AvgIpc) is 3.24. The molecule has 3 aliphatic rings. The number of piperidine rings is 2. The van der Waals surface area contributed by atoms with E-state index in [1.165, 1.54) is 20.5 Å². The van der Waals surface area contributed by atoms with Crippen LogP contribution in [0.25, 0.3) is 0 Å². The Balaban J connectivity index is 1.73. The molecule has 0 amide bonds. The Bertz CT molecular complexity index is 1150. The van der Waals surface area contributed by atoms with Crippen LogP contribution in [0.4, 0.5) is 5.69 Å². The maximum atomic E-state index is 13.1. The molecule has 4 atom stereocenters. The van der Waals surface area contributed by atoms with Gasteiger partial charge in [0, 0.05) is 32.4 Å². The van der Waals surface area contributed by atoms with Crippen LogP contribution in [0.2, 0.25) is 0 Å². The molecule has 1 N–H and O–H groups in total. The minimum Gasteiger partial charge on any atom is -0.504 e. The summed E-state index contributed by atoms with van der Waals surface area (Å²) in [5.74, 6) is -1.20. The van der Waals surface area contributed by atoms with E-state index < -0.39 is 23.5 Å². The minimum atomic E-state index is -1.12. The summed E-state index contributed by atoms with van der Waals surface area (Å²) in [5.41, 5.74) is 1.49. The number of hydrogen-bond donors (Lipinski definition) is 1. The van der Waals surface area contributed by atoms with Gasteiger partial charge in [0.25, 0.3) is 0 Å². The summed E-state index contributed by atoms with van der Waals surface area (Å²) in [5, 5.41) is 8.99. The summed E-state index contributed by atoms with van der Waals surface area (Å²) < 4.78 is 22.3. The average molecular weight is 529 g/mol. The van der Waals surface area contributed by atoms with Gasteiger partial charge in [0.05, 0.1) is 56.2 Å². The first-order chi connectivity index (χ1) is 18.3. The fourth-order valence-electron chi connectivity index (χ4n) is 6.21. The largest absolute Gasteiger partial charge is 0.504 e. The van der Waals surface area contributed by atoms with Gasteiger partial charge in [-0.25, -0.2) is 4.79 Å². The number of rotatable bonds is 10. The number of hydrogen-bond acceptors (Lipinski definition) is 9. The SMILES string of the molecule is CC[C@@H]1CN2CC[C@@]3(OC(=O)CCCC(=O)O)C(=Nc4cccc(OC)c43)[C@@H]2C[C@@H]1/C(=C\OC)C(=O)OC. The fraction of sp³-hybridized carbons (Fsp3) is 0.571. The number of carboxylic acids is 1. The van der Waals surface area contributed by atoms with Gasteiger partial charge in [-0.3, -0.25) is 19.5 Å². The molecule has 2 fully saturated rings. The van der Waals surface area contributed by atoms with Crippen molar-refractivity contribution in [1.82, 2.24) is 4.90 Å². The van der Waals surface area contributed by atoms with Gasteiger partial charge in [-0.05, 0) is 36.8 Å². The lowest BCUT2D eigenvalue weighted by molar-refractivity contribution is -0.157. The van der Waals surface area contributed by atoms with Crippen LogP contribution in [0.5, 0.6) is 5.75 Å². The van der Waals surface area contributed by atoms with E-state index in [0.717, 1.165) is 24.2 Å². The third-order valence-electron chi connectivity index (χ3n) is 7.95. The number of esters is 2. The van der Waals surface area contributed by atoms with Crippen LogP contribution in [0, 0.1) is 11.8 Å². The van der Waals surface area contributed by atoms with Crippen LogP contribution in [0.1, 0.15) is 51.0 Å². The van der Waals surface area contributed by atoms with Crippen molar-refractivity contribution >= 4 is 29.3 Å². The van der Waals surface area contributed by atoms with Gasteiger partial charge in [-0.15, -0.1) is 0 Å². The third kappa shape index (κ3) is 5.01. The molecule has 1 aromatic carbocycles. The summed E-state index contributed by atoms with van der Waals surface area (Å²) in [6.45, 7) is 3.52. The molecular weight excluding hydrogens is 492 g/mol. The van der Waals surface area contributed by atoms with Crippen LogP contribution < -0.4 is 4.74 Å². The van der Waals surface area contributed by atoms with Crippen LogP contribution >= 0.6 is 0 Å². The molecule has 0 aliphatic carbocycles. The van der Waals surface area contributed by atoms with Gasteiger partial charge in [-0.2, -0.15) is 0 Å². The number of carbonyl (C=O) groups excluding carboxylic acids is 2. The maximum absolute atomic E-state index is 13.1. The summed E-state index contributed by atoms with van der Waals surface area (Å²) in [7, 11) is 4.45. The van der Waals surface area contributed by atoms with Gasteiger partial charge in [0.2, 0.25) is 0 Å². The lowest BCUT2D eigenvalue weighted by Crippen LogP contribution is -2.61. The van der Waals surface area contributed by atoms with Gasteiger partial charge in [-0.1, -0.05) is 19.4 Å². The van der Waals surface area contributed by atoms with E-state index >= 15 is 0 Å². The molecule has 0 radical (unpaired) electrons. The quantitative estimate of drug-likeness (QED) is 0.276. The molecule has 0 aromatic heterocycles. The number of ether oxygens (including phenoxy) is 4. The van der Waals surface area contributed by atoms with Crippen molar-refractivity contribution in [3.05, 3.63) is 35.6 Å². The Kier molecular flexibility index (Phi) is 8.40. The molecule has 4 rings (SSSR count). The molecule has 1 aromatic rings. The summed E-state index contributed by atoms with van der Waals surface area (Å²) in [6, 6.07) is 5.38. The molecule has 10 nitrogen and oxygen atoms in total. The van der Waals surface area contributed by atoms with Gasteiger partial charge in [0.1, 0.15) is 5.75 Å². The predicted octanol–water partition coefficient (Wildman–Crippen LogP) is 3.60. The number of aliphatic imine (C=N–C) groups is 1. The molecule has 0 bridgehead atoms. The number of benzene rings is 1. The fourth-order valence-corrected chi connectivity index (χ4v) is 6.21. The second-order valence-electron chi connectivity index (χ2n) is 9.97. The van der Waals surface area contributed by atoms with Crippen molar-refractivity contribution in [3.8, 4) is 5.75 Å². The molecular formula is C28H36N2O8. The van der Waals surface area contributed by atoms with Crippen LogP contribution in [0.15, 0.2) is 35.0 Å². The Labute approximate surface area is 222 Å². The van der Waals surface area contributed by atoms with E-state index in [1.54, 1.807) is 7.11 Å². The second kappa shape index (κ2) is 11.6. The van der Waals surface area contributed by atoms with Crippen LogP contribution in [0.3, 0.4) is 0 Å². The highest BCUT2D eigenvalue weighted by Crippen LogP contribution is 2.53. The molecule has 206 valence electrons. The van der Waals surface area contributed by atoms with Crippen molar-refractivity contribution in [2.75, 3.05) is 34.4 Å². The zero-order valence-corrected chi connectivity index (χ0v) is 22.4.